The Morgan fingerprint density at radius 1 is 1.26 bits per heavy atom. The zero-order chi connectivity index (χ0) is 16.7. The third-order valence-corrected chi connectivity index (χ3v) is 3.63. The van der Waals surface area contributed by atoms with Crippen LogP contribution in [0, 0.1) is 0 Å². The average molecular weight is 319 g/mol. The van der Waals surface area contributed by atoms with Gasteiger partial charge in [0.1, 0.15) is 0 Å². The third kappa shape index (κ3) is 5.07. The summed E-state index contributed by atoms with van der Waals surface area (Å²) in [7, 11) is 1.30. The monoisotopic (exact) mass is 319 g/mol. The van der Waals surface area contributed by atoms with Crippen molar-refractivity contribution in [1.29, 1.82) is 0 Å². The number of esters is 1. The van der Waals surface area contributed by atoms with E-state index in [1.807, 2.05) is 0 Å². The van der Waals surface area contributed by atoms with Crippen LogP contribution < -0.4 is 16.0 Å². The number of ether oxygens (including phenoxy) is 1. The smallest absolute Gasteiger partial charge is 0.307 e. The van der Waals surface area contributed by atoms with Gasteiger partial charge in [0, 0.05) is 17.8 Å². The molecular formula is C16H21N3O4. The van der Waals surface area contributed by atoms with Gasteiger partial charge in [-0.1, -0.05) is 0 Å². The van der Waals surface area contributed by atoms with Crippen molar-refractivity contribution in [3.8, 4) is 0 Å². The summed E-state index contributed by atoms with van der Waals surface area (Å²) < 4.78 is 4.50. The Morgan fingerprint density at radius 3 is 2.61 bits per heavy atom. The first-order valence-corrected chi connectivity index (χ1v) is 7.59. The number of methoxy groups -OCH3 is 1. The van der Waals surface area contributed by atoms with Gasteiger partial charge >= 0.3 is 5.97 Å². The number of benzene rings is 1. The van der Waals surface area contributed by atoms with Gasteiger partial charge in [0.15, 0.2) is 0 Å². The third-order valence-electron chi connectivity index (χ3n) is 3.63. The van der Waals surface area contributed by atoms with Crippen LogP contribution in [-0.4, -0.2) is 44.0 Å². The van der Waals surface area contributed by atoms with Crippen molar-refractivity contribution < 1.29 is 19.1 Å². The molecule has 1 aliphatic rings. The fourth-order valence-electron chi connectivity index (χ4n) is 2.32. The van der Waals surface area contributed by atoms with Gasteiger partial charge in [0.2, 0.25) is 5.91 Å². The second kappa shape index (κ2) is 8.28. The molecule has 1 fully saturated rings. The molecule has 2 rings (SSSR count). The molecule has 7 nitrogen and oxygen atoms in total. The highest BCUT2D eigenvalue weighted by Gasteiger charge is 2.21. The van der Waals surface area contributed by atoms with Crippen molar-refractivity contribution in [2.75, 3.05) is 25.5 Å². The van der Waals surface area contributed by atoms with Crippen LogP contribution in [0.25, 0.3) is 0 Å². The van der Waals surface area contributed by atoms with Crippen molar-refractivity contribution in [3.05, 3.63) is 29.8 Å². The lowest BCUT2D eigenvalue weighted by Gasteiger charge is -2.11. The van der Waals surface area contributed by atoms with Crippen LogP contribution in [0.15, 0.2) is 24.3 Å². The molecule has 0 radical (unpaired) electrons. The van der Waals surface area contributed by atoms with Crippen LogP contribution in [0.2, 0.25) is 0 Å². The summed E-state index contributed by atoms with van der Waals surface area (Å²) in [5, 5.41) is 8.58. The van der Waals surface area contributed by atoms with Crippen molar-refractivity contribution >= 4 is 23.5 Å². The second-order valence-electron chi connectivity index (χ2n) is 5.30. The summed E-state index contributed by atoms with van der Waals surface area (Å²) in [6.45, 7) is 1.08. The number of carbonyl (C=O) groups excluding carboxylic acids is 3. The lowest BCUT2D eigenvalue weighted by atomic mass is 10.1. The molecule has 1 unspecified atom stereocenters. The molecule has 1 atom stereocenters. The van der Waals surface area contributed by atoms with Gasteiger partial charge in [-0.2, -0.15) is 0 Å². The molecule has 0 aromatic heterocycles. The van der Waals surface area contributed by atoms with E-state index < -0.39 is 0 Å². The van der Waals surface area contributed by atoms with E-state index >= 15 is 0 Å². The fraction of sp³-hybridized carbons (Fsp3) is 0.438. The predicted molar refractivity (Wildman–Crippen MR) is 85.1 cm³/mol. The van der Waals surface area contributed by atoms with Gasteiger partial charge in [-0.15, -0.1) is 0 Å². The highest BCUT2D eigenvalue weighted by atomic mass is 16.5. The summed E-state index contributed by atoms with van der Waals surface area (Å²) in [4.78, 5) is 34.8. The number of anilines is 1. The molecule has 0 bridgehead atoms. The Hall–Kier alpha value is -2.41. The quantitative estimate of drug-likeness (QED) is 0.670. The molecule has 0 spiro atoms. The van der Waals surface area contributed by atoms with Crippen molar-refractivity contribution in [2.24, 2.45) is 0 Å². The highest BCUT2D eigenvalue weighted by molar-refractivity contribution is 5.97. The van der Waals surface area contributed by atoms with Gasteiger partial charge in [-0.05, 0) is 43.7 Å². The summed E-state index contributed by atoms with van der Waals surface area (Å²) >= 11 is 0. The Bertz CT molecular complexity index is 565. The van der Waals surface area contributed by atoms with E-state index in [-0.39, 0.29) is 36.8 Å². The first kappa shape index (κ1) is 17.0. The fourth-order valence-corrected chi connectivity index (χ4v) is 2.32. The van der Waals surface area contributed by atoms with Gasteiger partial charge in [0.05, 0.1) is 19.6 Å². The second-order valence-corrected chi connectivity index (χ2v) is 5.30. The zero-order valence-electron chi connectivity index (χ0n) is 13.1. The number of hydrogen-bond donors (Lipinski definition) is 3. The van der Waals surface area contributed by atoms with Crippen molar-refractivity contribution in [3.63, 3.8) is 0 Å². The summed E-state index contributed by atoms with van der Waals surface area (Å²) in [5.74, 6) is -0.703. The number of hydrogen-bond acceptors (Lipinski definition) is 5. The molecule has 1 saturated heterocycles. The van der Waals surface area contributed by atoms with Crippen LogP contribution in [0.1, 0.15) is 29.6 Å². The molecule has 2 amide bonds. The van der Waals surface area contributed by atoms with E-state index in [1.54, 1.807) is 24.3 Å². The van der Waals surface area contributed by atoms with E-state index in [9.17, 15) is 14.4 Å². The normalized spacial score (nSPS) is 16.7. The Kier molecular flexibility index (Phi) is 6.10. The summed E-state index contributed by atoms with van der Waals surface area (Å²) in [5.41, 5.74) is 1.11. The predicted octanol–water partition coefficient (Wildman–Crippen LogP) is 0.670. The van der Waals surface area contributed by atoms with Gasteiger partial charge < -0.3 is 20.7 Å². The summed E-state index contributed by atoms with van der Waals surface area (Å²) in [6.07, 6.45) is 1.97. The Morgan fingerprint density at radius 2 is 2.00 bits per heavy atom. The lowest BCUT2D eigenvalue weighted by molar-refractivity contribution is -0.140. The standard InChI is InChI=1S/C16H21N3O4/c1-23-14(20)8-10-18-15(21)11-4-6-12(7-5-11)19-16(22)13-3-2-9-17-13/h4-7,13,17H,2-3,8-10H2,1H3,(H,18,21)(H,19,22). The van der Waals surface area contributed by atoms with Gasteiger partial charge in [0.25, 0.3) is 5.91 Å². The minimum absolute atomic E-state index is 0.0576. The van der Waals surface area contributed by atoms with E-state index in [1.165, 1.54) is 7.11 Å². The topological polar surface area (TPSA) is 96.5 Å². The maximum atomic E-state index is 12.0. The van der Waals surface area contributed by atoms with E-state index in [0.717, 1.165) is 19.4 Å². The molecule has 7 heteroatoms. The minimum atomic E-state index is -0.371. The van der Waals surface area contributed by atoms with E-state index in [0.29, 0.717) is 11.3 Å². The van der Waals surface area contributed by atoms with Gasteiger partial charge in [-0.25, -0.2) is 0 Å². The first-order valence-electron chi connectivity index (χ1n) is 7.59. The SMILES string of the molecule is COC(=O)CCNC(=O)c1ccc(NC(=O)C2CCCN2)cc1. The maximum absolute atomic E-state index is 12.0. The van der Waals surface area contributed by atoms with Crippen LogP contribution in [-0.2, 0) is 14.3 Å². The molecule has 0 aliphatic carbocycles. The Labute approximate surface area is 134 Å². The van der Waals surface area contributed by atoms with E-state index in [2.05, 4.69) is 20.7 Å². The minimum Gasteiger partial charge on any atom is -0.469 e. The van der Waals surface area contributed by atoms with E-state index in [4.69, 9.17) is 0 Å². The molecule has 1 heterocycles. The highest BCUT2D eigenvalue weighted by Crippen LogP contribution is 2.12. The van der Waals surface area contributed by atoms with Crippen molar-refractivity contribution in [1.82, 2.24) is 10.6 Å². The number of amides is 2. The number of nitrogens with one attached hydrogen (secondary N) is 3. The maximum Gasteiger partial charge on any atom is 0.307 e. The number of rotatable bonds is 6. The van der Waals surface area contributed by atoms with Crippen LogP contribution in [0.5, 0.6) is 0 Å². The molecular weight excluding hydrogens is 298 g/mol. The van der Waals surface area contributed by atoms with Crippen LogP contribution >= 0.6 is 0 Å². The van der Waals surface area contributed by atoms with Crippen molar-refractivity contribution in [2.45, 2.75) is 25.3 Å². The lowest BCUT2D eigenvalue weighted by Crippen LogP contribution is -2.35. The van der Waals surface area contributed by atoms with Crippen LogP contribution in [0.3, 0.4) is 0 Å². The molecule has 1 aromatic carbocycles. The molecule has 1 aromatic rings. The summed E-state index contributed by atoms with van der Waals surface area (Å²) in [6, 6.07) is 6.48. The van der Waals surface area contributed by atoms with Gasteiger partial charge in [-0.3, -0.25) is 14.4 Å². The van der Waals surface area contributed by atoms with Crippen LogP contribution in [0.4, 0.5) is 5.69 Å². The number of carbonyl (C=O) groups is 3. The average Bonchev–Trinajstić information content (AvgIpc) is 3.09. The zero-order valence-corrected chi connectivity index (χ0v) is 13.1. The first-order chi connectivity index (χ1) is 11.1. The largest absolute Gasteiger partial charge is 0.469 e. The molecule has 0 saturated carbocycles. The molecule has 3 N–H and O–H groups in total. The molecule has 23 heavy (non-hydrogen) atoms. The Balaban J connectivity index is 1.82. The molecule has 1 aliphatic heterocycles. The molecule has 124 valence electrons.